The molecule has 5 rings (SSSR count). The van der Waals surface area contributed by atoms with Crippen molar-refractivity contribution in [3.8, 4) is 22.9 Å². The third-order valence-corrected chi connectivity index (χ3v) is 6.63. The molecule has 1 aliphatic heterocycles. The minimum absolute atomic E-state index is 0.0573. The molecule has 12 heteroatoms. The van der Waals surface area contributed by atoms with Crippen LogP contribution in [0.2, 0.25) is 0 Å². The van der Waals surface area contributed by atoms with Crippen LogP contribution in [0, 0.1) is 11.6 Å². The Morgan fingerprint density at radius 1 is 1.05 bits per heavy atom. The van der Waals surface area contributed by atoms with Gasteiger partial charge in [0.25, 0.3) is 11.5 Å². The Morgan fingerprint density at radius 2 is 1.81 bits per heavy atom. The van der Waals surface area contributed by atoms with E-state index in [2.05, 4.69) is 15.2 Å². The maximum absolute atomic E-state index is 15.2. The van der Waals surface area contributed by atoms with Crippen LogP contribution in [0.15, 0.2) is 71.8 Å². The van der Waals surface area contributed by atoms with Crippen molar-refractivity contribution in [3.63, 3.8) is 0 Å². The number of pyridine rings is 2. The summed E-state index contributed by atoms with van der Waals surface area (Å²) in [5.74, 6) is -1.41. The Kier molecular flexibility index (Phi) is 8.74. The van der Waals surface area contributed by atoms with Crippen LogP contribution < -0.4 is 26.1 Å². The highest BCUT2D eigenvalue weighted by atomic mass is 19.1. The Bertz CT molecular complexity index is 1640. The van der Waals surface area contributed by atoms with Crippen LogP contribution >= 0.6 is 0 Å². The average Bonchev–Trinajstić information content (AvgIpc) is 2.97. The van der Waals surface area contributed by atoms with Gasteiger partial charge in [-0.3, -0.25) is 19.1 Å². The van der Waals surface area contributed by atoms with E-state index in [1.165, 1.54) is 59.4 Å². The molecule has 0 aliphatic carbocycles. The van der Waals surface area contributed by atoms with Crippen LogP contribution in [0.1, 0.15) is 22.8 Å². The van der Waals surface area contributed by atoms with Crippen molar-refractivity contribution in [2.75, 3.05) is 44.0 Å². The fourth-order valence-corrected chi connectivity index (χ4v) is 4.51. The Morgan fingerprint density at radius 3 is 2.52 bits per heavy atom. The van der Waals surface area contributed by atoms with Gasteiger partial charge in [0, 0.05) is 49.5 Å². The van der Waals surface area contributed by atoms with Gasteiger partial charge in [0.2, 0.25) is 0 Å². The molecule has 2 aromatic heterocycles. The first-order valence-corrected chi connectivity index (χ1v) is 13.3. The molecule has 4 aromatic rings. The number of hydrogen-bond donors (Lipinski definition) is 2. The standard InChI is InChI=1S/C30H29F2N5O5/c1-2-41-26-10-12-37(21-6-3-19(31)4-7-21)30(39)27(26)29(38)35-20-5-8-25(23(32)17-20)42-24-9-11-34-28(33)22(24)18-36-13-15-40-16-14-36/h3-12,17H,2,13-16,18H2,1H3,(H2,33,34)(H,35,38). The van der Waals surface area contributed by atoms with Crippen LogP contribution in [0.5, 0.6) is 17.2 Å². The molecule has 1 saturated heterocycles. The fraction of sp³-hybridized carbons (Fsp3) is 0.233. The zero-order valence-electron chi connectivity index (χ0n) is 22.8. The zero-order chi connectivity index (χ0) is 29.6. The lowest BCUT2D eigenvalue weighted by molar-refractivity contribution is 0.0340. The lowest BCUT2D eigenvalue weighted by Gasteiger charge is -2.27. The van der Waals surface area contributed by atoms with Gasteiger partial charge in [-0.05, 0) is 55.5 Å². The zero-order valence-corrected chi connectivity index (χ0v) is 22.8. The van der Waals surface area contributed by atoms with Gasteiger partial charge in [-0.15, -0.1) is 0 Å². The third-order valence-electron chi connectivity index (χ3n) is 6.63. The van der Waals surface area contributed by atoms with Gasteiger partial charge in [-0.1, -0.05) is 0 Å². The van der Waals surface area contributed by atoms with Crippen LogP contribution in [0.4, 0.5) is 20.3 Å². The largest absolute Gasteiger partial charge is 0.493 e. The fourth-order valence-electron chi connectivity index (χ4n) is 4.51. The van der Waals surface area contributed by atoms with Crippen LogP contribution in [0.3, 0.4) is 0 Å². The van der Waals surface area contributed by atoms with Crippen molar-refractivity contribution in [1.82, 2.24) is 14.5 Å². The first-order valence-electron chi connectivity index (χ1n) is 13.3. The van der Waals surface area contributed by atoms with Crippen LogP contribution in [-0.4, -0.2) is 53.3 Å². The summed E-state index contributed by atoms with van der Waals surface area (Å²) < 4.78 is 46.6. The number of amides is 1. The molecule has 42 heavy (non-hydrogen) atoms. The van der Waals surface area contributed by atoms with E-state index in [1.807, 2.05) is 0 Å². The molecule has 0 atom stereocenters. The molecule has 218 valence electrons. The maximum Gasteiger partial charge on any atom is 0.271 e. The molecular weight excluding hydrogens is 548 g/mol. The summed E-state index contributed by atoms with van der Waals surface area (Å²) in [5.41, 5.74) is 6.22. The molecule has 3 heterocycles. The van der Waals surface area contributed by atoms with Gasteiger partial charge in [-0.25, -0.2) is 13.8 Å². The molecule has 1 fully saturated rings. The summed E-state index contributed by atoms with van der Waals surface area (Å²) in [5, 5.41) is 2.56. The van der Waals surface area contributed by atoms with Gasteiger partial charge < -0.3 is 25.3 Å². The number of nitrogens with one attached hydrogen (secondary N) is 1. The van der Waals surface area contributed by atoms with E-state index in [0.717, 1.165) is 19.2 Å². The van der Waals surface area contributed by atoms with Gasteiger partial charge in [0.1, 0.15) is 28.7 Å². The number of nitrogens with zero attached hydrogens (tertiary/aromatic N) is 3. The van der Waals surface area contributed by atoms with E-state index in [1.54, 1.807) is 13.0 Å². The number of halogens is 2. The molecule has 1 amide bonds. The minimum Gasteiger partial charge on any atom is -0.493 e. The molecule has 0 spiro atoms. The molecule has 0 bridgehead atoms. The second kappa shape index (κ2) is 12.8. The number of anilines is 2. The lowest BCUT2D eigenvalue weighted by Crippen LogP contribution is -2.36. The number of nitrogens with two attached hydrogens (primary N) is 1. The van der Waals surface area contributed by atoms with Crippen LogP contribution in [0.25, 0.3) is 5.69 Å². The first-order chi connectivity index (χ1) is 20.3. The third kappa shape index (κ3) is 6.40. The lowest BCUT2D eigenvalue weighted by atomic mass is 10.2. The Balaban J connectivity index is 1.37. The molecule has 0 radical (unpaired) electrons. The van der Waals surface area contributed by atoms with Gasteiger partial charge >= 0.3 is 0 Å². The predicted octanol–water partition coefficient (Wildman–Crippen LogP) is 4.37. The van der Waals surface area contributed by atoms with Gasteiger partial charge in [0.15, 0.2) is 11.6 Å². The average molecular weight is 578 g/mol. The maximum atomic E-state index is 15.2. The topological polar surface area (TPSA) is 121 Å². The van der Waals surface area contributed by atoms with Crippen molar-refractivity contribution in [3.05, 3.63) is 100 Å². The SMILES string of the molecule is CCOc1ccn(-c2ccc(F)cc2)c(=O)c1C(=O)Nc1ccc(Oc2ccnc(N)c2CN2CCOCC2)c(F)c1. The number of nitrogen functional groups attached to an aromatic ring is 1. The van der Waals surface area contributed by atoms with Gasteiger partial charge in [0.05, 0.1) is 25.4 Å². The number of morpholine rings is 1. The number of ether oxygens (including phenoxy) is 3. The summed E-state index contributed by atoms with van der Waals surface area (Å²) >= 11 is 0. The van der Waals surface area contributed by atoms with Crippen molar-refractivity contribution in [2.24, 2.45) is 0 Å². The molecule has 0 saturated carbocycles. The number of rotatable bonds is 9. The summed E-state index contributed by atoms with van der Waals surface area (Å²) in [6.07, 6.45) is 2.91. The minimum atomic E-state index is -0.803. The monoisotopic (exact) mass is 577 g/mol. The quantitative estimate of drug-likeness (QED) is 0.301. The number of hydrogen-bond acceptors (Lipinski definition) is 8. The van der Waals surface area contributed by atoms with Crippen molar-refractivity contribution >= 4 is 17.4 Å². The summed E-state index contributed by atoms with van der Waals surface area (Å²) in [6, 6.07) is 12.2. The highest BCUT2D eigenvalue weighted by molar-refractivity contribution is 6.06. The Labute approximate surface area is 240 Å². The highest BCUT2D eigenvalue weighted by Crippen LogP contribution is 2.32. The Hall–Kier alpha value is -4.81. The second-order valence-corrected chi connectivity index (χ2v) is 9.40. The number of carbonyl (C=O) groups is 1. The molecule has 2 aromatic carbocycles. The molecule has 1 aliphatic rings. The highest BCUT2D eigenvalue weighted by Gasteiger charge is 2.22. The van der Waals surface area contributed by atoms with Crippen LogP contribution in [-0.2, 0) is 11.3 Å². The summed E-state index contributed by atoms with van der Waals surface area (Å²) in [6.45, 7) is 5.03. The molecule has 3 N–H and O–H groups in total. The predicted molar refractivity (Wildman–Crippen MR) is 152 cm³/mol. The van der Waals surface area contributed by atoms with Crippen molar-refractivity contribution in [1.29, 1.82) is 0 Å². The summed E-state index contributed by atoms with van der Waals surface area (Å²) in [7, 11) is 0. The van der Waals surface area contributed by atoms with E-state index in [0.29, 0.717) is 36.8 Å². The first kappa shape index (κ1) is 28.7. The van der Waals surface area contributed by atoms with Crippen molar-refractivity contribution in [2.45, 2.75) is 13.5 Å². The van der Waals surface area contributed by atoms with E-state index in [9.17, 15) is 14.0 Å². The number of benzene rings is 2. The van der Waals surface area contributed by atoms with Gasteiger partial charge in [-0.2, -0.15) is 0 Å². The molecule has 0 unspecified atom stereocenters. The molecular formula is C30H29F2N5O5. The van der Waals surface area contributed by atoms with E-state index < -0.39 is 23.1 Å². The van der Waals surface area contributed by atoms with E-state index >= 15 is 4.39 Å². The second-order valence-electron chi connectivity index (χ2n) is 9.40. The van der Waals surface area contributed by atoms with E-state index in [-0.39, 0.29) is 35.2 Å². The van der Waals surface area contributed by atoms with E-state index in [4.69, 9.17) is 19.9 Å². The number of aromatic nitrogens is 2. The number of carbonyl (C=O) groups excluding carboxylic acids is 1. The normalized spacial score (nSPS) is 13.5. The van der Waals surface area contributed by atoms with Crippen molar-refractivity contribution < 1.29 is 27.8 Å². The molecule has 10 nitrogen and oxygen atoms in total. The summed E-state index contributed by atoms with van der Waals surface area (Å²) in [4.78, 5) is 32.9. The smallest absolute Gasteiger partial charge is 0.271 e.